The van der Waals surface area contributed by atoms with Crippen LogP contribution in [0.5, 0.6) is 5.75 Å². The number of nitrogens with zero attached hydrogens (tertiary/aromatic N) is 2. The molecule has 2 aromatic carbocycles. The largest absolute Gasteiger partial charge is 0.478 e. The highest BCUT2D eigenvalue weighted by Gasteiger charge is 2.40. The molecule has 34 heavy (non-hydrogen) atoms. The van der Waals surface area contributed by atoms with Gasteiger partial charge in [-0.1, -0.05) is 19.1 Å². The van der Waals surface area contributed by atoms with Crippen molar-refractivity contribution in [3.8, 4) is 17.0 Å². The number of halogens is 3. The molecule has 3 aromatic rings. The van der Waals surface area contributed by atoms with Gasteiger partial charge in [0.2, 0.25) is 5.91 Å². The second kappa shape index (κ2) is 9.09. The first-order valence-electron chi connectivity index (χ1n) is 10.6. The van der Waals surface area contributed by atoms with Crippen LogP contribution in [0.25, 0.3) is 11.3 Å². The summed E-state index contributed by atoms with van der Waals surface area (Å²) in [5.74, 6) is -0.770. The Kier molecular flexibility index (Phi) is 6.35. The van der Waals surface area contributed by atoms with Gasteiger partial charge in [-0.15, -0.1) is 11.3 Å². The van der Waals surface area contributed by atoms with Crippen LogP contribution < -0.4 is 15.0 Å². The minimum Gasteiger partial charge on any atom is -0.478 e. The van der Waals surface area contributed by atoms with E-state index in [2.05, 4.69) is 10.3 Å². The molecule has 4 rings (SSSR count). The van der Waals surface area contributed by atoms with Crippen LogP contribution in [0, 0.1) is 6.92 Å². The minimum atomic E-state index is -4.64. The lowest BCUT2D eigenvalue weighted by atomic mass is 10.0. The summed E-state index contributed by atoms with van der Waals surface area (Å²) in [6, 6.07) is 8.87. The lowest BCUT2D eigenvalue weighted by Crippen LogP contribution is -2.53. The molecule has 10 heteroatoms. The molecule has 0 radical (unpaired) electrons. The number of hydrogen-bond donors (Lipinski definition) is 1. The summed E-state index contributed by atoms with van der Waals surface area (Å²) in [4.78, 5) is 32.1. The maximum atomic E-state index is 13.4. The van der Waals surface area contributed by atoms with Crippen LogP contribution in [0.2, 0.25) is 0 Å². The van der Waals surface area contributed by atoms with Crippen molar-refractivity contribution in [3.05, 3.63) is 58.4 Å². The topological polar surface area (TPSA) is 71.5 Å². The highest BCUT2D eigenvalue weighted by molar-refractivity contribution is 7.09. The molecule has 178 valence electrons. The molecule has 2 unspecified atom stereocenters. The van der Waals surface area contributed by atoms with Crippen molar-refractivity contribution in [1.82, 2.24) is 4.98 Å². The van der Waals surface area contributed by atoms with Gasteiger partial charge < -0.3 is 10.1 Å². The predicted octanol–water partition coefficient (Wildman–Crippen LogP) is 5.67. The van der Waals surface area contributed by atoms with Crippen molar-refractivity contribution in [3.63, 3.8) is 0 Å². The van der Waals surface area contributed by atoms with Gasteiger partial charge in [0, 0.05) is 10.9 Å². The number of carbonyl (C=O) groups excluding carboxylic acids is 2. The molecule has 2 atom stereocenters. The molecular weight excluding hydrogens is 467 g/mol. The molecule has 0 fully saturated rings. The van der Waals surface area contributed by atoms with Gasteiger partial charge in [0.05, 0.1) is 27.6 Å². The van der Waals surface area contributed by atoms with Crippen LogP contribution in [-0.4, -0.2) is 28.9 Å². The fourth-order valence-corrected chi connectivity index (χ4v) is 4.41. The van der Waals surface area contributed by atoms with Gasteiger partial charge >= 0.3 is 6.18 Å². The van der Waals surface area contributed by atoms with E-state index >= 15 is 0 Å². The maximum absolute atomic E-state index is 13.4. The third-order valence-corrected chi connectivity index (χ3v) is 6.32. The van der Waals surface area contributed by atoms with E-state index < -0.39 is 35.7 Å². The highest BCUT2D eigenvalue weighted by Crippen LogP contribution is 2.40. The number of aryl methyl sites for hydroxylation is 1. The number of thiazole rings is 1. The van der Waals surface area contributed by atoms with Crippen molar-refractivity contribution in [1.29, 1.82) is 0 Å². The molecule has 1 N–H and O–H groups in total. The zero-order valence-electron chi connectivity index (χ0n) is 18.6. The molecule has 2 amide bonds. The Bertz CT molecular complexity index is 1240. The van der Waals surface area contributed by atoms with Gasteiger partial charge in [0.25, 0.3) is 5.91 Å². The van der Waals surface area contributed by atoms with Crippen LogP contribution in [-0.2, 0) is 15.8 Å². The van der Waals surface area contributed by atoms with Crippen molar-refractivity contribution in [2.45, 2.75) is 45.5 Å². The zero-order valence-corrected chi connectivity index (χ0v) is 19.5. The minimum absolute atomic E-state index is 0.365. The average Bonchev–Trinajstić information content (AvgIpc) is 3.23. The molecule has 0 saturated heterocycles. The second-order valence-electron chi connectivity index (χ2n) is 7.87. The number of fused-ring (bicyclic) bond motifs is 1. The number of aromatic nitrogens is 1. The summed E-state index contributed by atoms with van der Waals surface area (Å²) in [6.07, 6.45) is -5.08. The van der Waals surface area contributed by atoms with E-state index in [0.717, 1.165) is 16.6 Å². The third-order valence-electron chi connectivity index (χ3n) is 5.54. The number of amides is 2. The monoisotopic (exact) mass is 489 g/mol. The maximum Gasteiger partial charge on any atom is 0.418 e. The third kappa shape index (κ3) is 4.50. The zero-order chi connectivity index (χ0) is 24.6. The molecule has 1 aromatic heterocycles. The quantitative estimate of drug-likeness (QED) is 0.501. The normalized spacial score (nSPS) is 16.6. The Hall–Kier alpha value is -3.40. The Labute approximate surface area is 198 Å². The molecule has 1 aliphatic heterocycles. The van der Waals surface area contributed by atoms with Gasteiger partial charge in [0.1, 0.15) is 11.8 Å². The summed E-state index contributed by atoms with van der Waals surface area (Å²) in [7, 11) is 0. The number of alkyl halides is 3. The second-order valence-corrected chi connectivity index (χ2v) is 8.93. The fourth-order valence-electron chi connectivity index (χ4n) is 3.79. The van der Waals surface area contributed by atoms with Crippen LogP contribution in [0.3, 0.4) is 0 Å². The summed E-state index contributed by atoms with van der Waals surface area (Å²) >= 11 is 1.48. The molecular formula is C24H22F3N3O3S. The number of anilines is 2. The van der Waals surface area contributed by atoms with Crippen molar-refractivity contribution in [2.75, 3.05) is 10.2 Å². The van der Waals surface area contributed by atoms with Crippen LogP contribution in [0.4, 0.5) is 24.5 Å². The van der Waals surface area contributed by atoms with Crippen molar-refractivity contribution < 1.29 is 27.5 Å². The number of carbonyl (C=O) groups is 2. The number of nitrogens with one attached hydrogen (secondary N) is 1. The summed E-state index contributed by atoms with van der Waals surface area (Å²) in [6.45, 7) is 5.13. The Balaban J connectivity index is 1.70. The first kappa shape index (κ1) is 23.7. The van der Waals surface area contributed by atoms with Crippen LogP contribution in [0.15, 0.2) is 47.8 Å². The van der Waals surface area contributed by atoms with Crippen LogP contribution >= 0.6 is 11.3 Å². The van der Waals surface area contributed by atoms with Crippen molar-refractivity contribution in [2.24, 2.45) is 0 Å². The molecule has 0 spiro atoms. The molecule has 1 aliphatic rings. The molecule has 2 heterocycles. The van der Waals surface area contributed by atoms with E-state index in [1.165, 1.54) is 41.4 Å². The first-order valence-corrected chi connectivity index (χ1v) is 11.5. The van der Waals surface area contributed by atoms with Gasteiger partial charge in [-0.3, -0.25) is 14.5 Å². The number of hydrogen-bond acceptors (Lipinski definition) is 5. The first-order chi connectivity index (χ1) is 16.1. The van der Waals surface area contributed by atoms with Crippen molar-refractivity contribution >= 4 is 34.5 Å². The molecule has 0 bridgehead atoms. The predicted molar refractivity (Wildman–Crippen MR) is 124 cm³/mol. The summed E-state index contributed by atoms with van der Waals surface area (Å²) < 4.78 is 46.0. The molecule has 0 saturated carbocycles. The standard InChI is InChI=1S/C24H22F3N3O3S/c1-4-20-23(32)30(13(2)22(31)29-17-8-6-5-7-16(17)24(25,26)27)19-11-15(9-10-21(19)33-20)18-12-34-14(3)28-18/h5-13,20H,4H2,1-3H3,(H,29,31). The van der Waals surface area contributed by atoms with Gasteiger partial charge in [-0.05, 0) is 50.6 Å². The molecule has 0 aliphatic carbocycles. The Morgan fingerprint density at radius 1 is 1.26 bits per heavy atom. The highest BCUT2D eigenvalue weighted by atomic mass is 32.1. The van der Waals surface area contributed by atoms with Gasteiger partial charge in [-0.2, -0.15) is 13.2 Å². The number of rotatable bonds is 5. The fraction of sp³-hybridized carbons (Fsp3) is 0.292. The number of benzene rings is 2. The summed E-state index contributed by atoms with van der Waals surface area (Å²) in [5, 5.41) is 5.10. The Morgan fingerprint density at radius 3 is 2.65 bits per heavy atom. The van der Waals surface area contributed by atoms with Gasteiger partial charge in [0.15, 0.2) is 6.10 Å². The lowest BCUT2D eigenvalue weighted by Gasteiger charge is -2.37. The average molecular weight is 490 g/mol. The summed E-state index contributed by atoms with van der Waals surface area (Å²) in [5.41, 5.74) is 0.481. The van der Waals surface area contributed by atoms with Gasteiger partial charge in [-0.25, -0.2) is 4.98 Å². The Morgan fingerprint density at radius 2 is 2.00 bits per heavy atom. The van der Waals surface area contributed by atoms with E-state index in [9.17, 15) is 22.8 Å². The smallest absolute Gasteiger partial charge is 0.418 e. The molecule has 6 nitrogen and oxygen atoms in total. The number of para-hydroxylation sites is 1. The van der Waals surface area contributed by atoms with E-state index in [1.54, 1.807) is 19.1 Å². The van der Waals surface area contributed by atoms with E-state index in [-0.39, 0.29) is 5.69 Å². The van der Waals surface area contributed by atoms with E-state index in [1.807, 2.05) is 18.4 Å². The SMILES string of the molecule is CCC1Oc2ccc(-c3csc(C)n3)cc2N(C(C)C(=O)Nc2ccccc2C(F)(F)F)C1=O. The number of ether oxygens (including phenoxy) is 1. The van der Waals surface area contributed by atoms with E-state index in [4.69, 9.17) is 4.74 Å². The van der Waals surface area contributed by atoms with E-state index in [0.29, 0.717) is 23.6 Å². The lowest BCUT2D eigenvalue weighted by molar-refractivity contribution is -0.137. The van der Waals surface area contributed by atoms with Crippen LogP contribution in [0.1, 0.15) is 30.8 Å².